The maximum Gasteiger partial charge on any atom is 0.224 e. The van der Waals surface area contributed by atoms with Crippen LogP contribution >= 0.6 is 0 Å². The van der Waals surface area contributed by atoms with Crippen LogP contribution in [0.2, 0.25) is 0 Å². The minimum absolute atomic E-state index is 0.251. The second kappa shape index (κ2) is 6.16. The molecule has 1 aromatic carbocycles. The first-order valence-electron chi connectivity index (χ1n) is 8.37. The van der Waals surface area contributed by atoms with Gasteiger partial charge in [0.2, 0.25) is 5.95 Å². The molecule has 1 atom stereocenters. The minimum Gasteiger partial charge on any atom is -0.391 e. The molecule has 1 aliphatic carbocycles. The number of β-amino-alcohol motifs (C(OH)–C–C–N with tert-alkyl or cyclic N) is 1. The van der Waals surface area contributed by atoms with Gasteiger partial charge in [0.1, 0.15) is 5.82 Å². The lowest BCUT2D eigenvalue weighted by atomic mass is 10.1. The topological polar surface area (TPSA) is 61.3 Å². The van der Waals surface area contributed by atoms with Crippen LogP contribution in [-0.4, -0.2) is 40.3 Å². The van der Waals surface area contributed by atoms with Crippen LogP contribution in [0.15, 0.2) is 36.5 Å². The number of rotatable bonds is 3. The van der Waals surface area contributed by atoms with Crippen LogP contribution in [0.5, 0.6) is 0 Å². The minimum atomic E-state index is -0.251. The summed E-state index contributed by atoms with van der Waals surface area (Å²) < 4.78 is 0. The second-order valence-corrected chi connectivity index (χ2v) is 6.50. The van der Waals surface area contributed by atoms with E-state index in [-0.39, 0.29) is 6.10 Å². The van der Waals surface area contributed by atoms with Crippen molar-refractivity contribution in [3.63, 3.8) is 0 Å². The van der Waals surface area contributed by atoms with Crippen LogP contribution in [0.3, 0.4) is 0 Å². The van der Waals surface area contributed by atoms with Gasteiger partial charge in [0.15, 0.2) is 0 Å². The Morgan fingerprint density at radius 2 is 1.91 bits per heavy atom. The lowest BCUT2D eigenvalue weighted by Crippen LogP contribution is -2.38. The summed E-state index contributed by atoms with van der Waals surface area (Å²) in [6.07, 6.45) is 5.48. The molecule has 0 spiro atoms. The summed E-state index contributed by atoms with van der Waals surface area (Å²) in [5.41, 5.74) is 2.83. The Labute approximate surface area is 136 Å². The van der Waals surface area contributed by atoms with Gasteiger partial charge in [-0.25, -0.2) is 4.98 Å². The maximum absolute atomic E-state index is 9.84. The Morgan fingerprint density at radius 3 is 2.65 bits per heavy atom. The predicted octanol–water partition coefficient (Wildman–Crippen LogP) is 2.02. The second-order valence-electron chi connectivity index (χ2n) is 6.50. The molecule has 0 radical (unpaired) electrons. The lowest BCUT2D eigenvalue weighted by molar-refractivity contribution is 0.154. The van der Waals surface area contributed by atoms with Crippen molar-refractivity contribution < 1.29 is 5.11 Å². The van der Waals surface area contributed by atoms with Crippen LogP contribution in [0.25, 0.3) is 0 Å². The highest BCUT2D eigenvalue weighted by Gasteiger charge is 2.22. The number of hydrogen-bond acceptors (Lipinski definition) is 5. The zero-order chi connectivity index (χ0) is 15.6. The van der Waals surface area contributed by atoms with Crippen molar-refractivity contribution in [2.75, 3.05) is 23.3 Å². The number of aliphatic hydroxyl groups is 1. The molecule has 23 heavy (non-hydrogen) atoms. The molecule has 1 saturated heterocycles. The van der Waals surface area contributed by atoms with Gasteiger partial charge in [-0.2, -0.15) is 4.98 Å². The third kappa shape index (κ3) is 3.15. The third-order valence-corrected chi connectivity index (χ3v) is 4.75. The quantitative estimate of drug-likeness (QED) is 0.908. The highest BCUT2D eigenvalue weighted by Crippen LogP contribution is 2.24. The van der Waals surface area contributed by atoms with E-state index < -0.39 is 0 Å². The molecule has 0 saturated carbocycles. The Kier molecular flexibility index (Phi) is 3.87. The smallest absolute Gasteiger partial charge is 0.224 e. The zero-order valence-electron chi connectivity index (χ0n) is 13.2. The fourth-order valence-corrected chi connectivity index (χ4v) is 3.60. The van der Waals surface area contributed by atoms with Crippen LogP contribution < -0.4 is 10.2 Å². The summed E-state index contributed by atoms with van der Waals surface area (Å²) in [7, 11) is 0. The lowest BCUT2D eigenvalue weighted by Gasteiger charge is -2.31. The summed E-state index contributed by atoms with van der Waals surface area (Å²) in [5.74, 6) is 1.58. The number of fused-ring (bicyclic) bond motifs is 1. The van der Waals surface area contributed by atoms with Gasteiger partial charge in [-0.05, 0) is 42.9 Å². The molecule has 1 aromatic heterocycles. The van der Waals surface area contributed by atoms with Crippen LogP contribution in [0, 0.1) is 0 Å². The Bertz CT molecular complexity index is 665. The SMILES string of the molecule is OC1CCCN(c2ccnc(NC3Cc4ccccc4C3)n2)C1. The number of nitrogens with zero attached hydrogens (tertiary/aromatic N) is 3. The van der Waals surface area contributed by atoms with E-state index in [1.807, 2.05) is 6.07 Å². The van der Waals surface area contributed by atoms with Crippen LogP contribution in [-0.2, 0) is 12.8 Å². The largest absolute Gasteiger partial charge is 0.391 e. The average molecular weight is 310 g/mol. The van der Waals surface area contributed by atoms with E-state index in [0.717, 1.165) is 38.0 Å². The molecule has 4 rings (SSSR count). The van der Waals surface area contributed by atoms with Gasteiger partial charge in [-0.1, -0.05) is 24.3 Å². The number of aromatic nitrogens is 2. The molecule has 1 fully saturated rings. The maximum atomic E-state index is 9.84. The standard InChI is InChI=1S/C18H22N4O/c23-16-6-3-9-22(12-16)17-7-8-19-18(21-17)20-15-10-13-4-1-2-5-14(13)11-15/h1-2,4-5,7-8,15-16,23H,3,6,9-12H2,(H,19,20,21). The van der Waals surface area contributed by atoms with E-state index in [1.54, 1.807) is 6.20 Å². The van der Waals surface area contributed by atoms with Crippen molar-refractivity contribution >= 4 is 11.8 Å². The van der Waals surface area contributed by atoms with Gasteiger partial charge < -0.3 is 15.3 Å². The van der Waals surface area contributed by atoms with Crippen molar-refractivity contribution in [1.29, 1.82) is 0 Å². The normalized spacial score (nSPS) is 21.3. The highest BCUT2D eigenvalue weighted by molar-refractivity contribution is 5.45. The summed E-state index contributed by atoms with van der Waals surface area (Å²) in [4.78, 5) is 11.2. The Balaban J connectivity index is 1.45. The first-order chi connectivity index (χ1) is 11.3. The highest BCUT2D eigenvalue weighted by atomic mass is 16.3. The van der Waals surface area contributed by atoms with E-state index in [0.29, 0.717) is 18.5 Å². The first kappa shape index (κ1) is 14.5. The van der Waals surface area contributed by atoms with E-state index in [2.05, 4.69) is 44.5 Å². The van der Waals surface area contributed by atoms with E-state index in [4.69, 9.17) is 0 Å². The van der Waals surface area contributed by atoms with Gasteiger partial charge in [-0.3, -0.25) is 0 Å². The Hall–Kier alpha value is -2.14. The molecule has 2 N–H and O–H groups in total. The fourth-order valence-electron chi connectivity index (χ4n) is 3.60. The number of aliphatic hydroxyl groups excluding tert-OH is 1. The molecular weight excluding hydrogens is 288 g/mol. The molecule has 1 aliphatic heterocycles. The monoisotopic (exact) mass is 310 g/mol. The molecular formula is C18H22N4O. The molecule has 5 heteroatoms. The molecule has 120 valence electrons. The van der Waals surface area contributed by atoms with Crippen molar-refractivity contribution in [3.8, 4) is 0 Å². The number of nitrogens with one attached hydrogen (secondary N) is 1. The fraction of sp³-hybridized carbons (Fsp3) is 0.444. The molecule has 2 aliphatic rings. The van der Waals surface area contributed by atoms with E-state index >= 15 is 0 Å². The molecule has 2 aromatic rings. The van der Waals surface area contributed by atoms with Crippen molar-refractivity contribution in [1.82, 2.24) is 9.97 Å². The summed E-state index contributed by atoms with van der Waals surface area (Å²) >= 11 is 0. The van der Waals surface area contributed by atoms with Gasteiger partial charge in [0.25, 0.3) is 0 Å². The number of piperidine rings is 1. The molecule has 0 amide bonds. The summed E-state index contributed by atoms with van der Waals surface area (Å²) in [5, 5.41) is 13.3. The zero-order valence-corrected chi connectivity index (χ0v) is 13.2. The van der Waals surface area contributed by atoms with Crippen molar-refractivity contribution in [3.05, 3.63) is 47.7 Å². The number of anilines is 2. The van der Waals surface area contributed by atoms with Gasteiger partial charge in [0.05, 0.1) is 6.10 Å². The third-order valence-electron chi connectivity index (χ3n) is 4.75. The van der Waals surface area contributed by atoms with E-state index in [9.17, 15) is 5.11 Å². The van der Waals surface area contributed by atoms with Gasteiger partial charge in [-0.15, -0.1) is 0 Å². The Morgan fingerprint density at radius 1 is 1.13 bits per heavy atom. The first-order valence-corrected chi connectivity index (χ1v) is 8.37. The molecule has 2 heterocycles. The van der Waals surface area contributed by atoms with Gasteiger partial charge >= 0.3 is 0 Å². The summed E-state index contributed by atoms with van der Waals surface area (Å²) in [6.45, 7) is 1.60. The molecule has 1 unspecified atom stereocenters. The van der Waals surface area contributed by atoms with Crippen molar-refractivity contribution in [2.24, 2.45) is 0 Å². The number of benzene rings is 1. The molecule has 5 nitrogen and oxygen atoms in total. The van der Waals surface area contributed by atoms with Crippen molar-refractivity contribution in [2.45, 2.75) is 37.8 Å². The van der Waals surface area contributed by atoms with Gasteiger partial charge in [0, 0.05) is 25.3 Å². The average Bonchev–Trinajstić information content (AvgIpc) is 2.97. The van der Waals surface area contributed by atoms with Crippen LogP contribution in [0.4, 0.5) is 11.8 Å². The summed E-state index contributed by atoms with van der Waals surface area (Å²) in [6, 6.07) is 10.9. The number of hydrogen-bond donors (Lipinski definition) is 2. The van der Waals surface area contributed by atoms with Crippen LogP contribution in [0.1, 0.15) is 24.0 Å². The molecule has 0 bridgehead atoms. The predicted molar refractivity (Wildman–Crippen MR) is 90.7 cm³/mol. The van der Waals surface area contributed by atoms with E-state index in [1.165, 1.54) is 11.1 Å².